The Morgan fingerprint density at radius 2 is 1.85 bits per heavy atom. The van der Waals surface area contributed by atoms with Gasteiger partial charge in [0.1, 0.15) is 18.0 Å². The first-order valence-corrected chi connectivity index (χ1v) is 14.9. The highest BCUT2D eigenvalue weighted by atomic mass is 19.4. The summed E-state index contributed by atoms with van der Waals surface area (Å²) >= 11 is 0. The summed E-state index contributed by atoms with van der Waals surface area (Å²) in [7, 11) is 1.97. The van der Waals surface area contributed by atoms with E-state index in [1.807, 2.05) is 29.9 Å². The molecule has 6 nitrogen and oxygen atoms in total. The highest BCUT2D eigenvalue weighted by Crippen LogP contribution is 2.49. The highest BCUT2D eigenvalue weighted by Gasteiger charge is 2.43. The fraction of sp³-hybridized carbons (Fsp3) is 0.500. The molecule has 2 aromatic rings. The van der Waals surface area contributed by atoms with Gasteiger partial charge < -0.3 is 14.4 Å². The molecule has 1 aromatic carbocycles. The number of aryl methyl sites for hydroxylation is 1. The van der Waals surface area contributed by atoms with Crippen LogP contribution in [0.2, 0.25) is 0 Å². The average molecular weight is 565 g/mol. The standard InChI is InChI=1S/C32H39F3N6/c1-4-9-23-14-26(15-23)30(31-37-36-21-38(31)3)25-10-8-11-27(17-25)40-20-29-28(32(33,34)35)16-24(19-41(29)22(40)2)18-39-12-6-5-7-13-39/h8,10-11,16-17,19-21,23,26,30H,2,4-7,9,12-15,18H2,1,3H3. The predicted molar refractivity (Wildman–Crippen MR) is 154 cm³/mol. The van der Waals surface area contributed by atoms with Crippen molar-refractivity contribution in [1.82, 2.24) is 24.6 Å². The van der Waals surface area contributed by atoms with E-state index in [0.29, 0.717) is 23.9 Å². The Bertz CT molecular complexity index is 1370. The van der Waals surface area contributed by atoms with E-state index in [4.69, 9.17) is 0 Å². The largest absolute Gasteiger partial charge is 0.418 e. The van der Waals surface area contributed by atoms with Gasteiger partial charge in [-0.1, -0.05) is 44.9 Å². The van der Waals surface area contributed by atoms with Crippen LogP contribution < -0.4 is 4.90 Å². The molecule has 3 aliphatic heterocycles. The topological polar surface area (TPSA) is 40.4 Å². The molecule has 1 atom stereocenters. The lowest BCUT2D eigenvalue weighted by Gasteiger charge is -2.40. The first-order valence-electron chi connectivity index (χ1n) is 14.9. The zero-order valence-electron chi connectivity index (χ0n) is 23.9. The van der Waals surface area contributed by atoms with Gasteiger partial charge in [-0.05, 0) is 80.0 Å². The second-order valence-corrected chi connectivity index (χ2v) is 12.0. The minimum absolute atomic E-state index is 0.0725. The lowest BCUT2D eigenvalue weighted by molar-refractivity contribution is -0.0909. The number of benzene rings is 1. The molecule has 41 heavy (non-hydrogen) atoms. The number of allylic oxidation sites excluding steroid dienone is 1. The molecule has 0 amide bonds. The van der Waals surface area contributed by atoms with E-state index in [-0.39, 0.29) is 11.6 Å². The smallest absolute Gasteiger partial charge is 0.320 e. The molecule has 4 aliphatic rings. The molecule has 2 fully saturated rings. The molecular weight excluding hydrogens is 525 g/mol. The summed E-state index contributed by atoms with van der Waals surface area (Å²) < 4.78 is 45.0. The third kappa shape index (κ3) is 5.48. The number of hydrogen-bond donors (Lipinski definition) is 0. The van der Waals surface area contributed by atoms with Crippen LogP contribution in [0.25, 0.3) is 0 Å². The fourth-order valence-corrected chi connectivity index (χ4v) is 7.01. The molecule has 6 rings (SSSR count). The van der Waals surface area contributed by atoms with Crippen molar-refractivity contribution < 1.29 is 13.2 Å². The van der Waals surface area contributed by atoms with Gasteiger partial charge >= 0.3 is 6.18 Å². The van der Waals surface area contributed by atoms with Crippen LogP contribution in [-0.2, 0) is 7.05 Å². The summed E-state index contributed by atoms with van der Waals surface area (Å²) in [5.41, 5.74) is 2.03. The molecule has 0 N–H and O–H groups in total. The number of nitrogens with zero attached hydrogens (tertiary/aromatic N) is 6. The van der Waals surface area contributed by atoms with Gasteiger partial charge in [0.25, 0.3) is 0 Å². The summed E-state index contributed by atoms with van der Waals surface area (Å²) in [6, 6.07) is 8.11. The van der Waals surface area contributed by atoms with Gasteiger partial charge in [-0.25, -0.2) is 0 Å². The maximum absolute atomic E-state index is 14.3. The van der Waals surface area contributed by atoms with E-state index in [1.165, 1.54) is 25.3 Å². The Morgan fingerprint density at radius 1 is 1.07 bits per heavy atom. The van der Waals surface area contributed by atoms with Crippen LogP contribution in [0.1, 0.15) is 69.2 Å². The van der Waals surface area contributed by atoms with Crippen LogP contribution in [-0.4, -0.2) is 50.4 Å². The second kappa shape index (κ2) is 11.2. The number of halogens is 3. The summed E-state index contributed by atoms with van der Waals surface area (Å²) in [6.45, 7) is 8.82. The van der Waals surface area contributed by atoms with Gasteiger partial charge in [0.05, 0.1) is 11.3 Å². The Labute approximate surface area is 240 Å². The maximum atomic E-state index is 14.3. The van der Waals surface area contributed by atoms with Gasteiger partial charge in [-0.2, -0.15) is 13.2 Å². The highest BCUT2D eigenvalue weighted by molar-refractivity contribution is 5.64. The van der Waals surface area contributed by atoms with Crippen LogP contribution in [0.5, 0.6) is 0 Å². The quantitative estimate of drug-likeness (QED) is 0.343. The number of fused-ring (bicyclic) bond motifs is 1. The number of likely N-dealkylation sites (tertiary alicyclic amines) is 1. The molecule has 218 valence electrons. The molecule has 1 saturated carbocycles. The van der Waals surface area contributed by atoms with Crippen LogP contribution in [0.3, 0.4) is 0 Å². The normalized spacial score (nSPS) is 24.0. The number of rotatable bonds is 8. The molecule has 1 aromatic heterocycles. The number of piperidine rings is 1. The van der Waals surface area contributed by atoms with Gasteiger partial charge in [0.15, 0.2) is 0 Å². The third-order valence-electron chi connectivity index (χ3n) is 9.10. The van der Waals surface area contributed by atoms with Crippen molar-refractivity contribution in [2.45, 2.75) is 64.0 Å². The third-order valence-corrected chi connectivity index (χ3v) is 9.10. The zero-order valence-corrected chi connectivity index (χ0v) is 23.9. The lowest BCUT2D eigenvalue weighted by atomic mass is 9.65. The number of aromatic nitrogens is 3. The van der Waals surface area contributed by atoms with Crippen molar-refractivity contribution in [2.75, 3.05) is 24.5 Å². The van der Waals surface area contributed by atoms with Gasteiger partial charge in [-0.15, -0.1) is 10.2 Å². The Morgan fingerprint density at radius 3 is 2.54 bits per heavy atom. The molecule has 1 aliphatic carbocycles. The average Bonchev–Trinajstić information content (AvgIpc) is 3.50. The van der Waals surface area contributed by atoms with Crippen molar-refractivity contribution in [3.05, 3.63) is 89.7 Å². The zero-order chi connectivity index (χ0) is 28.7. The van der Waals surface area contributed by atoms with E-state index in [0.717, 1.165) is 61.8 Å². The van der Waals surface area contributed by atoms with Crippen LogP contribution in [0.4, 0.5) is 18.9 Å². The van der Waals surface area contributed by atoms with Gasteiger partial charge in [-0.3, -0.25) is 4.90 Å². The van der Waals surface area contributed by atoms with E-state index >= 15 is 0 Å². The van der Waals surface area contributed by atoms with Gasteiger partial charge in [0, 0.05) is 37.6 Å². The SMILES string of the molecule is C=C1N2C=C(CN3CCCCC3)C=C(C(F)(F)F)C2=CN1c1cccc(C(c2nncn2C)C2CC(CCC)C2)c1. The first-order chi connectivity index (χ1) is 19.7. The summed E-state index contributed by atoms with van der Waals surface area (Å²) in [4.78, 5) is 5.64. The molecule has 0 bridgehead atoms. The van der Waals surface area contributed by atoms with Gasteiger partial charge in [0.2, 0.25) is 0 Å². The van der Waals surface area contributed by atoms with Crippen molar-refractivity contribution in [1.29, 1.82) is 0 Å². The second-order valence-electron chi connectivity index (χ2n) is 12.0. The molecule has 1 unspecified atom stereocenters. The van der Waals surface area contributed by atoms with E-state index in [1.54, 1.807) is 22.3 Å². The van der Waals surface area contributed by atoms with Crippen molar-refractivity contribution >= 4 is 5.69 Å². The molecule has 1 saturated heterocycles. The van der Waals surface area contributed by atoms with E-state index < -0.39 is 11.7 Å². The summed E-state index contributed by atoms with van der Waals surface area (Å²) in [5, 5.41) is 8.63. The fourth-order valence-electron chi connectivity index (χ4n) is 7.01. The molecule has 0 spiro atoms. The Balaban J connectivity index is 1.31. The Kier molecular flexibility index (Phi) is 7.57. The molecular formula is C32H39F3N6. The number of alkyl halides is 3. The van der Waals surface area contributed by atoms with E-state index in [2.05, 4.69) is 40.7 Å². The molecule has 9 heteroatoms. The molecule has 0 radical (unpaired) electrons. The number of anilines is 1. The summed E-state index contributed by atoms with van der Waals surface area (Å²) in [6.07, 6.45) is 10.1. The van der Waals surface area contributed by atoms with Crippen LogP contribution >= 0.6 is 0 Å². The maximum Gasteiger partial charge on any atom is 0.418 e. The minimum Gasteiger partial charge on any atom is -0.320 e. The van der Waals surface area contributed by atoms with Crippen LogP contribution in [0.15, 0.2) is 78.3 Å². The number of hydrogen-bond acceptors (Lipinski definition) is 5. The minimum atomic E-state index is -4.47. The monoisotopic (exact) mass is 564 g/mol. The van der Waals surface area contributed by atoms with Crippen LogP contribution in [0, 0.1) is 11.8 Å². The van der Waals surface area contributed by atoms with Crippen molar-refractivity contribution in [3.63, 3.8) is 0 Å². The lowest BCUT2D eigenvalue weighted by Crippen LogP contribution is -2.33. The van der Waals surface area contributed by atoms with Crippen molar-refractivity contribution in [3.8, 4) is 0 Å². The Hall–Kier alpha value is -3.33. The summed E-state index contributed by atoms with van der Waals surface area (Å²) in [5.74, 6) is 2.68. The van der Waals surface area contributed by atoms with Crippen molar-refractivity contribution in [2.24, 2.45) is 18.9 Å². The molecule has 4 heterocycles. The van der Waals surface area contributed by atoms with E-state index in [9.17, 15) is 13.2 Å². The predicted octanol–water partition coefficient (Wildman–Crippen LogP) is 7.08. The first kappa shape index (κ1) is 27.8.